The Hall–Kier alpha value is -1.77. The topological polar surface area (TPSA) is 22.1 Å². The van der Waals surface area contributed by atoms with Crippen LogP contribution in [-0.2, 0) is 5.88 Å². The molecule has 0 saturated heterocycles. The highest BCUT2D eigenvalue weighted by Crippen LogP contribution is 2.31. The summed E-state index contributed by atoms with van der Waals surface area (Å²) in [5.41, 5.74) is 2.73. The lowest BCUT2D eigenvalue weighted by Gasteiger charge is -2.12. The molecule has 21 heavy (non-hydrogen) atoms. The molecular formula is C17H13Cl2NO. The number of halogens is 2. The van der Waals surface area contributed by atoms with Crippen molar-refractivity contribution in [3.05, 3.63) is 64.7 Å². The van der Waals surface area contributed by atoms with Gasteiger partial charge in [-0.2, -0.15) is 0 Å². The first-order chi connectivity index (χ1) is 10.2. The molecule has 0 N–H and O–H groups in total. The van der Waals surface area contributed by atoms with Gasteiger partial charge in [-0.1, -0.05) is 35.9 Å². The van der Waals surface area contributed by atoms with E-state index in [4.69, 9.17) is 27.9 Å². The molecular weight excluding hydrogens is 305 g/mol. The van der Waals surface area contributed by atoms with E-state index in [1.807, 2.05) is 49.4 Å². The molecule has 0 saturated carbocycles. The largest absolute Gasteiger partial charge is 0.438 e. The Morgan fingerprint density at radius 3 is 2.71 bits per heavy atom. The fraction of sp³-hybridized carbons (Fsp3) is 0.118. The normalized spacial score (nSPS) is 10.8. The molecule has 0 aliphatic heterocycles. The number of nitrogens with zero attached hydrogens (tertiary/aromatic N) is 1. The Bertz CT molecular complexity index is 802. The van der Waals surface area contributed by atoms with Gasteiger partial charge < -0.3 is 4.74 Å². The number of hydrogen-bond acceptors (Lipinski definition) is 2. The number of aryl methyl sites for hydroxylation is 1. The van der Waals surface area contributed by atoms with Crippen LogP contribution in [0.3, 0.4) is 0 Å². The third kappa shape index (κ3) is 2.97. The van der Waals surface area contributed by atoms with Crippen molar-refractivity contribution in [3.8, 4) is 11.6 Å². The summed E-state index contributed by atoms with van der Waals surface area (Å²) in [5.74, 6) is 1.55. The van der Waals surface area contributed by atoms with Gasteiger partial charge in [-0.25, -0.2) is 4.98 Å². The van der Waals surface area contributed by atoms with Crippen LogP contribution < -0.4 is 4.74 Å². The van der Waals surface area contributed by atoms with Crippen LogP contribution in [0.2, 0.25) is 5.02 Å². The summed E-state index contributed by atoms with van der Waals surface area (Å²) in [7, 11) is 0. The summed E-state index contributed by atoms with van der Waals surface area (Å²) < 4.78 is 5.94. The lowest BCUT2D eigenvalue weighted by Crippen LogP contribution is -1.95. The van der Waals surface area contributed by atoms with Gasteiger partial charge in [0.15, 0.2) is 0 Å². The molecule has 0 unspecified atom stereocenters. The highest BCUT2D eigenvalue weighted by molar-refractivity contribution is 6.30. The first kappa shape index (κ1) is 14.2. The van der Waals surface area contributed by atoms with E-state index in [0.29, 0.717) is 22.5 Å². The molecule has 3 aromatic rings. The van der Waals surface area contributed by atoms with E-state index in [1.54, 1.807) is 6.07 Å². The van der Waals surface area contributed by atoms with Crippen molar-refractivity contribution in [2.45, 2.75) is 12.8 Å². The zero-order chi connectivity index (χ0) is 14.8. The fourth-order valence-corrected chi connectivity index (χ4v) is 2.47. The monoisotopic (exact) mass is 317 g/mol. The van der Waals surface area contributed by atoms with Crippen LogP contribution in [0.15, 0.2) is 48.5 Å². The van der Waals surface area contributed by atoms with Crippen molar-refractivity contribution in [2.75, 3.05) is 0 Å². The fourth-order valence-electron chi connectivity index (χ4n) is 2.11. The molecule has 2 nitrogen and oxygen atoms in total. The summed E-state index contributed by atoms with van der Waals surface area (Å²) >= 11 is 12.0. The molecule has 4 heteroatoms. The number of para-hydroxylation sites is 1. The van der Waals surface area contributed by atoms with Crippen LogP contribution in [-0.4, -0.2) is 4.98 Å². The average molecular weight is 318 g/mol. The molecule has 0 aliphatic rings. The predicted molar refractivity (Wildman–Crippen MR) is 87.6 cm³/mol. The quantitative estimate of drug-likeness (QED) is 0.576. The van der Waals surface area contributed by atoms with E-state index in [0.717, 1.165) is 22.0 Å². The number of pyridine rings is 1. The maximum atomic E-state index is 6.03. The van der Waals surface area contributed by atoms with Crippen molar-refractivity contribution in [1.29, 1.82) is 0 Å². The summed E-state index contributed by atoms with van der Waals surface area (Å²) in [4.78, 5) is 4.56. The van der Waals surface area contributed by atoms with Crippen LogP contribution in [0.25, 0.3) is 10.9 Å². The van der Waals surface area contributed by atoms with Crippen molar-refractivity contribution in [3.63, 3.8) is 0 Å². The van der Waals surface area contributed by atoms with Gasteiger partial charge in [-0.3, -0.25) is 0 Å². The Labute approximate surface area is 133 Å². The van der Waals surface area contributed by atoms with Gasteiger partial charge >= 0.3 is 0 Å². The van der Waals surface area contributed by atoms with E-state index in [-0.39, 0.29) is 0 Å². The minimum atomic E-state index is 0.340. The Kier molecular flexibility index (Phi) is 4.00. The van der Waals surface area contributed by atoms with Gasteiger partial charge in [0.2, 0.25) is 5.88 Å². The van der Waals surface area contributed by atoms with Crippen molar-refractivity contribution < 1.29 is 4.74 Å². The second-order valence-electron chi connectivity index (χ2n) is 4.79. The molecule has 0 fully saturated rings. The van der Waals surface area contributed by atoms with Gasteiger partial charge in [-0.15, -0.1) is 11.6 Å². The third-order valence-electron chi connectivity index (χ3n) is 3.26. The Balaban J connectivity index is 2.08. The first-order valence-electron chi connectivity index (χ1n) is 6.56. The van der Waals surface area contributed by atoms with Crippen LogP contribution in [0, 0.1) is 6.92 Å². The highest BCUT2D eigenvalue weighted by atomic mass is 35.5. The van der Waals surface area contributed by atoms with E-state index in [9.17, 15) is 0 Å². The van der Waals surface area contributed by atoms with Crippen LogP contribution in [0.1, 0.15) is 11.1 Å². The number of aromatic nitrogens is 1. The number of ether oxygens (including phenoxy) is 1. The predicted octanol–water partition coefficient (Wildman–Crippen LogP) is 5.73. The number of benzene rings is 2. The van der Waals surface area contributed by atoms with E-state index < -0.39 is 0 Å². The molecule has 0 atom stereocenters. The number of fused-ring (bicyclic) bond motifs is 1. The standard InChI is InChI=1S/C17H13Cl2NO/c1-11-6-7-14(19)9-16(11)21-17-13(10-18)8-12-4-2-3-5-15(12)20-17/h2-9H,10H2,1H3. The SMILES string of the molecule is Cc1ccc(Cl)cc1Oc1nc2ccccc2cc1CCl. The molecule has 2 aromatic carbocycles. The summed E-state index contributed by atoms with van der Waals surface area (Å²) in [6.45, 7) is 1.97. The van der Waals surface area contributed by atoms with E-state index in [1.165, 1.54) is 0 Å². The molecule has 0 bridgehead atoms. The van der Waals surface area contributed by atoms with Gasteiger partial charge in [0.05, 0.1) is 11.4 Å². The minimum absolute atomic E-state index is 0.340. The van der Waals surface area contributed by atoms with Crippen LogP contribution in [0.5, 0.6) is 11.6 Å². The Morgan fingerprint density at radius 1 is 1.10 bits per heavy atom. The number of rotatable bonds is 3. The van der Waals surface area contributed by atoms with E-state index >= 15 is 0 Å². The van der Waals surface area contributed by atoms with Gasteiger partial charge in [0, 0.05) is 16.0 Å². The molecule has 1 aromatic heterocycles. The van der Waals surface area contributed by atoms with E-state index in [2.05, 4.69) is 4.98 Å². The highest BCUT2D eigenvalue weighted by Gasteiger charge is 2.10. The van der Waals surface area contributed by atoms with Crippen molar-refractivity contribution in [1.82, 2.24) is 4.98 Å². The molecule has 0 aliphatic carbocycles. The smallest absolute Gasteiger partial charge is 0.224 e. The number of alkyl halides is 1. The molecule has 106 valence electrons. The summed E-state index contributed by atoms with van der Waals surface area (Å²) in [5, 5.41) is 1.67. The first-order valence-corrected chi connectivity index (χ1v) is 7.47. The molecule has 1 heterocycles. The Morgan fingerprint density at radius 2 is 1.90 bits per heavy atom. The van der Waals surface area contributed by atoms with Crippen LogP contribution in [0.4, 0.5) is 0 Å². The second kappa shape index (κ2) is 5.92. The second-order valence-corrected chi connectivity index (χ2v) is 5.49. The molecule has 0 amide bonds. The average Bonchev–Trinajstić information content (AvgIpc) is 2.50. The lowest BCUT2D eigenvalue weighted by molar-refractivity contribution is 0.457. The number of hydrogen-bond donors (Lipinski definition) is 0. The summed E-state index contributed by atoms with van der Waals surface area (Å²) in [6, 6.07) is 15.4. The zero-order valence-electron chi connectivity index (χ0n) is 11.4. The molecule has 0 radical (unpaired) electrons. The zero-order valence-corrected chi connectivity index (χ0v) is 12.9. The summed E-state index contributed by atoms with van der Waals surface area (Å²) in [6.07, 6.45) is 0. The van der Waals surface area contributed by atoms with Crippen molar-refractivity contribution in [2.24, 2.45) is 0 Å². The lowest BCUT2D eigenvalue weighted by atomic mass is 10.1. The van der Waals surface area contributed by atoms with Gasteiger partial charge in [-0.05, 0) is 36.8 Å². The van der Waals surface area contributed by atoms with Crippen molar-refractivity contribution >= 4 is 34.1 Å². The van der Waals surface area contributed by atoms with Gasteiger partial charge in [0.25, 0.3) is 0 Å². The third-order valence-corrected chi connectivity index (χ3v) is 3.79. The maximum Gasteiger partial charge on any atom is 0.224 e. The van der Waals surface area contributed by atoms with Gasteiger partial charge in [0.1, 0.15) is 5.75 Å². The minimum Gasteiger partial charge on any atom is -0.438 e. The molecule has 0 spiro atoms. The van der Waals surface area contributed by atoms with Crippen LogP contribution >= 0.6 is 23.2 Å². The molecule has 3 rings (SSSR count). The maximum absolute atomic E-state index is 6.03.